The monoisotopic (exact) mass is 275 g/mol. The maximum atomic E-state index is 11.1. The van der Waals surface area contributed by atoms with E-state index >= 15 is 0 Å². The van der Waals surface area contributed by atoms with Gasteiger partial charge in [-0.15, -0.1) is 0 Å². The summed E-state index contributed by atoms with van der Waals surface area (Å²) in [5, 5.41) is 0. The van der Waals surface area contributed by atoms with Crippen molar-refractivity contribution < 1.29 is 28.0 Å². The van der Waals surface area contributed by atoms with E-state index in [1.54, 1.807) is 0 Å². The van der Waals surface area contributed by atoms with E-state index in [0.29, 0.717) is 0 Å². The van der Waals surface area contributed by atoms with Crippen LogP contribution in [0.2, 0.25) is 0 Å². The van der Waals surface area contributed by atoms with Crippen LogP contribution in [-0.2, 0) is 18.2 Å². The van der Waals surface area contributed by atoms with Crippen molar-refractivity contribution in [2.75, 3.05) is 13.2 Å². The molecular formula is C8H21O6P2+. The Labute approximate surface area is 97.9 Å². The lowest BCUT2D eigenvalue weighted by molar-refractivity contribution is 0.146. The van der Waals surface area contributed by atoms with E-state index in [1.807, 2.05) is 13.8 Å². The average molecular weight is 275 g/mol. The number of hydrogen-bond acceptors (Lipinski definition) is 4. The summed E-state index contributed by atoms with van der Waals surface area (Å²) < 4.78 is 29.0. The second-order valence-electron chi connectivity index (χ2n) is 2.93. The fourth-order valence-corrected chi connectivity index (χ4v) is 1.48. The van der Waals surface area contributed by atoms with Crippen molar-refractivity contribution in [2.45, 2.75) is 39.5 Å². The molecule has 0 aliphatic heterocycles. The molecule has 2 N–H and O–H groups in total. The summed E-state index contributed by atoms with van der Waals surface area (Å²) in [5.74, 6) is 0. The highest BCUT2D eigenvalue weighted by molar-refractivity contribution is 7.47. The summed E-state index contributed by atoms with van der Waals surface area (Å²) in [6.45, 7) is 4.56. The molecule has 0 rings (SSSR count). The Kier molecular flexibility index (Phi) is 15.3. The Morgan fingerprint density at radius 3 is 1.69 bits per heavy atom. The van der Waals surface area contributed by atoms with Crippen molar-refractivity contribution in [2.24, 2.45) is 0 Å². The van der Waals surface area contributed by atoms with Gasteiger partial charge >= 0.3 is 16.5 Å². The summed E-state index contributed by atoms with van der Waals surface area (Å²) in [6.07, 6.45) is 3.44. The van der Waals surface area contributed by atoms with Gasteiger partial charge in [0, 0.05) is 0 Å². The van der Waals surface area contributed by atoms with Crippen molar-refractivity contribution in [1.29, 1.82) is 0 Å². The molecule has 0 heterocycles. The topological polar surface area (TPSA) is 93.1 Å². The predicted octanol–water partition coefficient (Wildman–Crippen LogP) is 2.64. The smallest absolute Gasteiger partial charge is 0.302 e. The van der Waals surface area contributed by atoms with Crippen LogP contribution in [0.25, 0.3) is 0 Å². The zero-order valence-corrected chi connectivity index (χ0v) is 11.6. The number of unbranched alkanes of at least 4 members (excludes halogenated alkanes) is 2. The molecule has 0 aromatic carbocycles. The molecule has 8 heteroatoms. The third-order valence-corrected chi connectivity index (χ3v) is 2.52. The molecule has 16 heavy (non-hydrogen) atoms. The van der Waals surface area contributed by atoms with Gasteiger partial charge in [-0.05, 0) is 17.4 Å². The lowest BCUT2D eigenvalue weighted by atomic mass is 10.4. The van der Waals surface area contributed by atoms with Crippen molar-refractivity contribution >= 4 is 16.5 Å². The fraction of sp³-hybridized carbons (Fsp3) is 1.00. The summed E-state index contributed by atoms with van der Waals surface area (Å²) in [5.41, 5.74) is 0. The van der Waals surface area contributed by atoms with Crippen LogP contribution >= 0.6 is 16.5 Å². The molecule has 6 nitrogen and oxygen atoms in total. The van der Waals surface area contributed by atoms with Crippen LogP contribution in [0, 0.1) is 0 Å². The van der Waals surface area contributed by atoms with Gasteiger partial charge in [0.05, 0.1) is 13.2 Å². The van der Waals surface area contributed by atoms with Gasteiger partial charge in [0.1, 0.15) is 0 Å². The molecule has 0 aliphatic carbocycles. The van der Waals surface area contributed by atoms with Gasteiger partial charge in [-0.25, -0.2) is 4.57 Å². The zero-order valence-electron chi connectivity index (χ0n) is 9.72. The Balaban J connectivity index is 0. The first kappa shape index (κ1) is 18.5. The summed E-state index contributed by atoms with van der Waals surface area (Å²) in [4.78, 5) is 16.1. The van der Waals surface area contributed by atoms with Gasteiger partial charge in [0.25, 0.3) is 0 Å². The van der Waals surface area contributed by atoms with Gasteiger partial charge in [-0.2, -0.15) is 4.89 Å². The first-order valence-corrected chi connectivity index (χ1v) is 7.52. The molecule has 0 amide bonds. The lowest BCUT2D eigenvalue weighted by Crippen LogP contribution is -1.98. The normalized spacial score (nSPS) is 11.0. The highest BCUT2D eigenvalue weighted by Crippen LogP contribution is 2.43. The van der Waals surface area contributed by atoms with Gasteiger partial charge in [0.2, 0.25) is 0 Å². The van der Waals surface area contributed by atoms with Crippen LogP contribution in [0.3, 0.4) is 0 Å². The van der Waals surface area contributed by atoms with Crippen LogP contribution < -0.4 is 0 Å². The second-order valence-corrected chi connectivity index (χ2v) is 4.57. The molecular weight excluding hydrogens is 254 g/mol. The highest BCUT2D eigenvalue weighted by atomic mass is 31.2. The van der Waals surface area contributed by atoms with Crippen molar-refractivity contribution in [3.8, 4) is 0 Å². The van der Waals surface area contributed by atoms with E-state index in [4.69, 9.17) is 23.4 Å². The molecule has 0 fully saturated rings. The minimum atomic E-state index is -3.75. The Morgan fingerprint density at radius 2 is 1.44 bits per heavy atom. The van der Waals surface area contributed by atoms with Crippen LogP contribution in [0.4, 0.5) is 0 Å². The molecule has 0 aliphatic rings. The molecule has 0 bridgehead atoms. The minimum Gasteiger partial charge on any atom is -0.302 e. The Bertz CT molecular complexity index is 185. The maximum absolute atomic E-state index is 11.1. The van der Waals surface area contributed by atoms with Gasteiger partial charge in [-0.3, -0.25) is 9.05 Å². The van der Waals surface area contributed by atoms with E-state index < -0.39 is 16.5 Å². The minimum absolute atomic E-state index is 0.288. The van der Waals surface area contributed by atoms with Crippen molar-refractivity contribution in [3.05, 3.63) is 0 Å². The van der Waals surface area contributed by atoms with E-state index in [0.717, 1.165) is 25.7 Å². The molecule has 0 aromatic rings. The average Bonchev–Trinajstić information content (AvgIpc) is 2.19. The predicted molar refractivity (Wildman–Crippen MR) is 62.8 cm³/mol. The van der Waals surface area contributed by atoms with E-state index in [2.05, 4.69) is 0 Å². The van der Waals surface area contributed by atoms with Gasteiger partial charge < -0.3 is 4.89 Å². The molecule has 0 aromatic heterocycles. The zero-order chi connectivity index (χ0) is 12.9. The molecule has 0 saturated heterocycles. The fourth-order valence-electron chi connectivity index (χ4n) is 0.686. The largest absolute Gasteiger partial charge is 0.491 e. The number of hydrogen-bond donors (Lipinski definition) is 2. The Morgan fingerprint density at radius 1 is 1.12 bits per heavy atom. The molecule has 1 unspecified atom stereocenters. The SMILES string of the molecule is CCCCOP(=O)(O)OCCCC.O=[PH+]O. The molecule has 1 atom stereocenters. The highest BCUT2D eigenvalue weighted by Gasteiger charge is 2.19. The second kappa shape index (κ2) is 13.2. The first-order valence-electron chi connectivity index (χ1n) is 5.17. The van der Waals surface area contributed by atoms with E-state index in [1.165, 1.54) is 0 Å². The lowest BCUT2D eigenvalue weighted by Gasteiger charge is -2.10. The third kappa shape index (κ3) is 16.6. The number of rotatable bonds is 8. The summed E-state index contributed by atoms with van der Waals surface area (Å²) >= 11 is 0. The molecule has 0 radical (unpaired) electrons. The number of phosphoric ester groups is 1. The summed E-state index contributed by atoms with van der Waals surface area (Å²) in [7, 11) is -4.92. The summed E-state index contributed by atoms with van der Waals surface area (Å²) in [6, 6.07) is 0. The molecule has 0 spiro atoms. The van der Waals surface area contributed by atoms with Crippen LogP contribution in [0.5, 0.6) is 0 Å². The third-order valence-electron chi connectivity index (χ3n) is 1.50. The van der Waals surface area contributed by atoms with E-state index in [-0.39, 0.29) is 13.2 Å². The Hall–Kier alpha value is 0.170. The van der Waals surface area contributed by atoms with Crippen molar-refractivity contribution in [1.82, 2.24) is 0 Å². The van der Waals surface area contributed by atoms with E-state index in [9.17, 15) is 4.57 Å². The van der Waals surface area contributed by atoms with Gasteiger partial charge in [0.15, 0.2) is 0 Å². The van der Waals surface area contributed by atoms with Gasteiger partial charge in [-0.1, -0.05) is 26.7 Å². The van der Waals surface area contributed by atoms with Crippen LogP contribution in [0.1, 0.15) is 39.5 Å². The molecule has 98 valence electrons. The number of phosphoric acid groups is 1. The van der Waals surface area contributed by atoms with Crippen molar-refractivity contribution in [3.63, 3.8) is 0 Å². The quantitative estimate of drug-likeness (QED) is 0.522. The maximum Gasteiger partial charge on any atom is 0.491 e. The molecule has 0 saturated carbocycles. The first-order chi connectivity index (χ1) is 7.54. The van der Waals surface area contributed by atoms with Crippen LogP contribution in [0.15, 0.2) is 0 Å². The standard InChI is InChI=1S/C8H19O4P.HO2P/c1-3-5-7-11-13(9,10)12-8-6-4-2;1-3-2/h3-8H2,1-2H3,(H,9,10);3H/p+1. The van der Waals surface area contributed by atoms with Crippen LogP contribution in [-0.4, -0.2) is 23.0 Å².